The summed E-state index contributed by atoms with van der Waals surface area (Å²) < 4.78 is 1.08. The maximum atomic E-state index is 10.3. The maximum Gasteiger partial charge on any atom is 0.0709 e. The van der Waals surface area contributed by atoms with Gasteiger partial charge in [0.15, 0.2) is 0 Å². The molecule has 1 aromatic rings. The van der Waals surface area contributed by atoms with E-state index in [1.54, 1.807) is 0 Å². The molecule has 0 radical (unpaired) electrons. The predicted octanol–water partition coefficient (Wildman–Crippen LogP) is 3.59. The van der Waals surface area contributed by atoms with Crippen LogP contribution in [0.5, 0.6) is 0 Å². The number of benzene rings is 1. The van der Waals surface area contributed by atoms with Gasteiger partial charge >= 0.3 is 0 Å². The molecule has 17 heavy (non-hydrogen) atoms. The van der Waals surface area contributed by atoms with Crippen molar-refractivity contribution in [3.8, 4) is 0 Å². The monoisotopic (exact) mass is 332 g/mol. The highest BCUT2D eigenvalue weighted by atomic mass is 79.9. The van der Waals surface area contributed by atoms with Crippen molar-refractivity contribution >= 4 is 39.5 Å². The summed E-state index contributed by atoms with van der Waals surface area (Å²) in [4.78, 5) is 0. The Labute approximate surface area is 120 Å². The zero-order valence-corrected chi connectivity index (χ0v) is 13.0. The van der Waals surface area contributed by atoms with Gasteiger partial charge in [0, 0.05) is 26.5 Å². The minimum Gasteiger partial charge on any atom is -0.392 e. The fourth-order valence-corrected chi connectivity index (χ4v) is 5.39. The Morgan fingerprint density at radius 1 is 1.41 bits per heavy atom. The summed E-state index contributed by atoms with van der Waals surface area (Å²) in [5, 5.41) is 11.3. The van der Waals surface area contributed by atoms with Crippen LogP contribution in [-0.4, -0.2) is 33.2 Å². The third-order valence-electron chi connectivity index (χ3n) is 2.95. The van der Waals surface area contributed by atoms with Crippen LogP contribution in [0.15, 0.2) is 28.7 Å². The second-order valence-electron chi connectivity index (χ2n) is 4.31. The lowest BCUT2D eigenvalue weighted by Gasteiger charge is -2.31. The average molecular weight is 333 g/mol. The molecule has 1 N–H and O–H groups in total. The van der Waals surface area contributed by atoms with Crippen LogP contribution < -0.4 is 0 Å². The molecule has 2 rings (SSSR count). The van der Waals surface area contributed by atoms with Crippen LogP contribution in [0.4, 0.5) is 0 Å². The molecule has 0 amide bonds. The Kier molecular flexibility index (Phi) is 5.27. The highest BCUT2D eigenvalue weighted by molar-refractivity contribution is 9.10. The molecule has 0 spiro atoms. The van der Waals surface area contributed by atoms with E-state index in [0.29, 0.717) is 10.5 Å². The Morgan fingerprint density at radius 2 is 2.18 bits per heavy atom. The van der Waals surface area contributed by atoms with Gasteiger partial charge in [-0.2, -0.15) is 23.5 Å². The molecule has 0 aromatic heterocycles. The van der Waals surface area contributed by atoms with Crippen molar-refractivity contribution in [2.75, 3.05) is 11.5 Å². The molecule has 3 unspecified atom stereocenters. The summed E-state index contributed by atoms with van der Waals surface area (Å²) in [5.74, 6) is 2.38. The first kappa shape index (κ1) is 13.8. The molecule has 0 saturated carbocycles. The van der Waals surface area contributed by atoms with Gasteiger partial charge in [0.2, 0.25) is 0 Å². The van der Waals surface area contributed by atoms with Gasteiger partial charge in [-0.1, -0.05) is 35.0 Å². The van der Waals surface area contributed by atoms with E-state index in [9.17, 15) is 5.11 Å². The summed E-state index contributed by atoms with van der Waals surface area (Å²) in [5.41, 5.74) is 1.20. The lowest BCUT2D eigenvalue weighted by molar-refractivity contribution is 0.171. The summed E-state index contributed by atoms with van der Waals surface area (Å²) in [6, 6.07) is 8.22. The fraction of sp³-hybridized carbons (Fsp3) is 0.538. The van der Waals surface area contributed by atoms with Gasteiger partial charge in [-0.05, 0) is 24.1 Å². The summed E-state index contributed by atoms with van der Waals surface area (Å²) in [6.07, 6.45) is 0.513. The largest absolute Gasteiger partial charge is 0.392 e. The molecule has 1 saturated heterocycles. The van der Waals surface area contributed by atoms with E-state index in [1.165, 1.54) is 11.3 Å². The minimum atomic E-state index is -0.239. The van der Waals surface area contributed by atoms with Crippen molar-refractivity contribution in [3.05, 3.63) is 34.3 Å². The highest BCUT2D eigenvalue weighted by Gasteiger charge is 2.29. The van der Waals surface area contributed by atoms with Crippen LogP contribution in [0, 0.1) is 0 Å². The van der Waals surface area contributed by atoms with Gasteiger partial charge in [0.05, 0.1) is 6.10 Å². The van der Waals surface area contributed by atoms with Gasteiger partial charge in [-0.25, -0.2) is 0 Å². The number of aliphatic hydroxyl groups excluding tert-OH is 1. The Hall–Kier alpha value is 0.360. The van der Waals surface area contributed by atoms with Crippen molar-refractivity contribution in [3.63, 3.8) is 0 Å². The third-order valence-corrected chi connectivity index (χ3v) is 6.68. The second kappa shape index (κ2) is 6.50. The van der Waals surface area contributed by atoms with E-state index < -0.39 is 0 Å². The number of hydrogen-bond donors (Lipinski definition) is 1. The molecule has 0 bridgehead atoms. The molecule has 1 heterocycles. The van der Waals surface area contributed by atoms with Crippen LogP contribution in [0.25, 0.3) is 0 Å². The quantitative estimate of drug-likeness (QED) is 0.913. The number of thioether (sulfide) groups is 2. The van der Waals surface area contributed by atoms with Crippen molar-refractivity contribution in [1.29, 1.82) is 0 Å². The van der Waals surface area contributed by atoms with Gasteiger partial charge in [-0.3, -0.25) is 0 Å². The first-order chi connectivity index (χ1) is 8.16. The number of halogens is 1. The van der Waals surface area contributed by atoms with E-state index in [1.807, 2.05) is 35.7 Å². The summed E-state index contributed by atoms with van der Waals surface area (Å²) in [7, 11) is 0. The molecule has 1 fully saturated rings. The Morgan fingerprint density at radius 3 is 2.88 bits per heavy atom. The Balaban J connectivity index is 1.98. The average Bonchev–Trinajstić information content (AvgIpc) is 2.29. The molecule has 1 aliphatic rings. The van der Waals surface area contributed by atoms with Gasteiger partial charge < -0.3 is 5.11 Å². The zero-order valence-electron chi connectivity index (χ0n) is 9.80. The van der Waals surface area contributed by atoms with Crippen molar-refractivity contribution < 1.29 is 5.11 Å². The van der Waals surface area contributed by atoms with Gasteiger partial charge in [0.1, 0.15) is 0 Å². The number of rotatable bonds is 3. The predicted molar refractivity (Wildman–Crippen MR) is 82.0 cm³/mol. The molecular formula is C13H17BrOS2. The molecular weight excluding hydrogens is 316 g/mol. The lowest BCUT2D eigenvalue weighted by Crippen LogP contribution is -2.36. The number of aliphatic hydroxyl groups is 1. The standard InChI is InChI=1S/C13H17BrOS2/c1-9-13(17-6-5-16-9)12(15)8-10-3-2-4-11(14)7-10/h2-4,7,9,12-13,15H,5-6,8H2,1H3. The fourth-order valence-electron chi connectivity index (χ4n) is 2.09. The minimum absolute atomic E-state index is 0.239. The number of hydrogen-bond acceptors (Lipinski definition) is 3. The van der Waals surface area contributed by atoms with Crippen LogP contribution in [0.1, 0.15) is 12.5 Å². The highest BCUT2D eigenvalue weighted by Crippen LogP contribution is 2.34. The molecule has 94 valence electrons. The van der Waals surface area contributed by atoms with E-state index in [2.05, 4.69) is 35.0 Å². The summed E-state index contributed by atoms with van der Waals surface area (Å²) in [6.45, 7) is 2.23. The molecule has 1 aromatic carbocycles. The molecule has 1 nitrogen and oxygen atoms in total. The van der Waals surface area contributed by atoms with Gasteiger partial charge in [0.25, 0.3) is 0 Å². The van der Waals surface area contributed by atoms with Crippen molar-refractivity contribution in [2.24, 2.45) is 0 Å². The van der Waals surface area contributed by atoms with Gasteiger partial charge in [-0.15, -0.1) is 0 Å². The summed E-state index contributed by atoms with van der Waals surface area (Å²) >= 11 is 7.37. The topological polar surface area (TPSA) is 20.2 Å². The first-order valence-corrected chi connectivity index (χ1v) is 8.71. The van der Waals surface area contributed by atoms with Crippen LogP contribution in [-0.2, 0) is 6.42 Å². The molecule has 3 atom stereocenters. The maximum absolute atomic E-state index is 10.3. The van der Waals surface area contributed by atoms with E-state index >= 15 is 0 Å². The smallest absolute Gasteiger partial charge is 0.0709 e. The SMILES string of the molecule is CC1SCCSC1C(O)Cc1cccc(Br)c1. The van der Waals surface area contributed by atoms with E-state index in [0.717, 1.165) is 16.6 Å². The normalized spacial score (nSPS) is 26.8. The van der Waals surface area contributed by atoms with Crippen molar-refractivity contribution in [2.45, 2.75) is 29.9 Å². The molecule has 4 heteroatoms. The second-order valence-corrected chi connectivity index (χ2v) is 8.00. The van der Waals surface area contributed by atoms with E-state index in [-0.39, 0.29) is 6.10 Å². The lowest BCUT2D eigenvalue weighted by atomic mass is 10.0. The van der Waals surface area contributed by atoms with Crippen molar-refractivity contribution in [1.82, 2.24) is 0 Å². The molecule has 0 aliphatic carbocycles. The van der Waals surface area contributed by atoms with E-state index in [4.69, 9.17) is 0 Å². The third kappa shape index (κ3) is 3.91. The Bertz CT molecular complexity index is 372. The zero-order chi connectivity index (χ0) is 12.3. The molecule has 1 aliphatic heterocycles. The van der Waals surface area contributed by atoms with Crippen LogP contribution in [0.2, 0.25) is 0 Å². The van der Waals surface area contributed by atoms with Crippen LogP contribution >= 0.6 is 39.5 Å². The van der Waals surface area contributed by atoms with Crippen LogP contribution in [0.3, 0.4) is 0 Å². The first-order valence-electron chi connectivity index (χ1n) is 5.82.